The van der Waals surface area contributed by atoms with Gasteiger partial charge in [0.15, 0.2) is 0 Å². The minimum Gasteiger partial charge on any atom is -0.469 e. The molecule has 4 nitrogen and oxygen atoms in total. The SMILES string of the molecule is COC(=O)C1CCN(Cc2cccc(CN)c2)CC1. The van der Waals surface area contributed by atoms with Crippen LogP contribution in [0.25, 0.3) is 0 Å². The third kappa shape index (κ3) is 3.78. The zero-order valence-electron chi connectivity index (χ0n) is 11.5. The van der Waals surface area contributed by atoms with Gasteiger partial charge in [0.05, 0.1) is 13.0 Å². The number of nitrogens with two attached hydrogens (primary N) is 1. The molecule has 0 spiro atoms. The van der Waals surface area contributed by atoms with E-state index in [1.54, 1.807) is 0 Å². The first kappa shape index (κ1) is 14.0. The number of likely N-dealkylation sites (tertiary alicyclic amines) is 1. The molecule has 1 aromatic rings. The second kappa shape index (κ2) is 6.68. The van der Waals surface area contributed by atoms with Gasteiger partial charge >= 0.3 is 5.97 Å². The van der Waals surface area contributed by atoms with Crippen molar-refractivity contribution in [2.24, 2.45) is 11.7 Å². The predicted octanol–water partition coefficient (Wildman–Crippen LogP) is 1.53. The Kier molecular flexibility index (Phi) is 4.93. The molecule has 1 aliphatic rings. The summed E-state index contributed by atoms with van der Waals surface area (Å²) < 4.78 is 4.80. The van der Waals surface area contributed by atoms with E-state index >= 15 is 0 Å². The molecule has 4 heteroatoms. The Balaban J connectivity index is 1.86. The molecular formula is C15H22N2O2. The molecule has 0 atom stereocenters. The lowest BCUT2D eigenvalue weighted by Gasteiger charge is -2.30. The first-order chi connectivity index (χ1) is 9.22. The quantitative estimate of drug-likeness (QED) is 0.836. The first-order valence-corrected chi connectivity index (χ1v) is 6.81. The van der Waals surface area contributed by atoms with Crippen LogP contribution in [0.5, 0.6) is 0 Å². The highest BCUT2D eigenvalue weighted by Gasteiger charge is 2.25. The lowest BCUT2D eigenvalue weighted by atomic mass is 9.96. The van der Waals surface area contributed by atoms with E-state index in [1.165, 1.54) is 18.2 Å². The monoisotopic (exact) mass is 262 g/mol. The summed E-state index contributed by atoms with van der Waals surface area (Å²) in [6, 6.07) is 8.39. The summed E-state index contributed by atoms with van der Waals surface area (Å²) in [5.74, 6) is 0.0152. The third-order valence-corrected chi connectivity index (χ3v) is 3.76. The Bertz CT molecular complexity index is 426. The molecule has 1 saturated heterocycles. The maximum atomic E-state index is 11.5. The Hall–Kier alpha value is -1.39. The average Bonchev–Trinajstić information content (AvgIpc) is 2.47. The van der Waals surface area contributed by atoms with E-state index in [1.807, 2.05) is 6.07 Å². The van der Waals surface area contributed by atoms with Gasteiger partial charge in [-0.1, -0.05) is 24.3 Å². The van der Waals surface area contributed by atoms with E-state index in [-0.39, 0.29) is 11.9 Å². The Morgan fingerprint density at radius 1 is 1.37 bits per heavy atom. The van der Waals surface area contributed by atoms with Crippen molar-refractivity contribution in [3.63, 3.8) is 0 Å². The molecule has 1 heterocycles. The van der Waals surface area contributed by atoms with Gasteiger partial charge in [0.25, 0.3) is 0 Å². The summed E-state index contributed by atoms with van der Waals surface area (Å²) >= 11 is 0. The molecule has 0 saturated carbocycles. The maximum absolute atomic E-state index is 11.5. The van der Waals surface area contributed by atoms with Gasteiger partial charge in [-0.25, -0.2) is 0 Å². The molecule has 1 fully saturated rings. The van der Waals surface area contributed by atoms with Gasteiger partial charge in [-0.15, -0.1) is 0 Å². The molecular weight excluding hydrogens is 240 g/mol. The highest BCUT2D eigenvalue weighted by atomic mass is 16.5. The van der Waals surface area contributed by atoms with Crippen LogP contribution >= 0.6 is 0 Å². The van der Waals surface area contributed by atoms with Gasteiger partial charge in [0.1, 0.15) is 0 Å². The van der Waals surface area contributed by atoms with Crippen LogP contribution in [0.3, 0.4) is 0 Å². The summed E-state index contributed by atoms with van der Waals surface area (Å²) in [6.07, 6.45) is 1.78. The van der Waals surface area contributed by atoms with Crippen LogP contribution in [0.4, 0.5) is 0 Å². The van der Waals surface area contributed by atoms with E-state index in [4.69, 9.17) is 10.5 Å². The zero-order valence-corrected chi connectivity index (χ0v) is 11.5. The molecule has 104 valence electrons. The van der Waals surface area contributed by atoms with Crippen molar-refractivity contribution in [1.82, 2.24) is 4.90 Å². The minimum atomic E-state index is -0.0650. The van der Waals surface area contributed by atoms with Crippen LogP contribution in [-0.2, 0) is 22.6 Å². The molecule has 0 aromatic heterocycles. The number of rotatable bonds is 4. The molecule has 0 aliphatic carbocycles. The smallest absolute Gasteiger partial charge is 0.308 e. The summed E-state index contributed by atoms with van der Waals surface area (Å²) in [7, 11) is 1.47. The van der Waals surface area contributed by atoms with Crippen LogP contribution in [0.2, 0.25) is 0 Å². The topological polar surface area (TPSA) is 55.6 Å². The summed E-state index contributed by atoms with van der Waals surface area (Å²) in [5.41, 5.74) is 8.11. The Labute approximate surface area is 114 Å². The van der Waals surface area contributed by atoms with Gasteiger partial charge in [0, 0.05) is 13.1 Å². The number of esters is 1. The number of benzene rings is 1. The number of carbonyl (C=O) groups is 1. The standard InChI is InChI=1S/C15H22N2O2/c1-19-15(18)14-5-7-17(8-6-14)11-13-4-2-3-12(9-13)10-16/h2-4,9,14H,5-8,10-11,16H2,1H3. The molecule has 0 amide bonds. The summed E-state index contributed by atoms with van der Waals surface area (Å²) in [6.45, 7) is 3.42. The van der Waals surface area contributed by atoms with Crippen LogP contribution < -0.4 is 5.73 Å². The van der Waals surface area contributed by atoms with Gasteiger partial charge < -0.3 is 10.5 Å². The van der Waals surface area contributed by atoms with Gasteiger partial charge in [-0.3, -0.25) is 9.69 Å². The number of methoxy groups -OCH3 is 1. The molecule has 19 heavy (non-hydrogen) atoms. The number of piperidine rings is 1. The summed E-state index contributed by atoms with van der Waals surface area (Å²) in [4.78, 5) is 13.8. The predicted molar refractivity (Wildman–Crippen MR) is 74.4 cm³/mol. The molecule has 0 unspecified atom stereocenters. The van der Waals surface area contributed by atoms with Crippen LogP contribution in [0.15, 0.2) is 24.3 Å². The third-order valence-electron chi connectivity index (χ3n) is 3.76. The molecule has 0 radical (unpaired) electrons. The van der Waals surface area contributed by atoms with E-state index in [0.717, 1.165) is 32.5 Å². The van der Waals surface area contributed by atoms with E-state index < -0.39 is 0 Å². The Morgan fingerprint density at radius 3 is 2.68 bits per heavy atom. The number of hydrogen-bond acceptors (Lipinski definition) is 4. The zero-order chi connectivity index (χ0) is 13.7. The van der Waals surface area contributed by atoms with Crippen molar-refractivity contribution in [3.8, 4) is 0 Å². The maximum Gasteiger partial charge on any atom is 0.308 e. The van der Waals surface area contributed by atoms with Crippen LogP contribution in [0.1, 0.15) is 24.0 Å². The van der Waals surface area contributed by atoms with Gasteiger partial charge in [-0.2, -0.15) is 0 Å². The Morgan fingerprint density at radius 2 is 2.05 bits per heavy atom. The first-order valence-electron chi connectivity index (χ1n) is 6.81. The van der Waals surface area contributed by atoms with Gasteiger partial charge in [-0.05, 0) is 37.1 Å². The van der Waals surface area contributed by atoms with Crippen molar-refractivity contribution in [2.75, 3.05) is 20.2 Å². The molecule has 1 aliphatic heterocycles. The second-order valence-corrected chi connectivity index (χ2v) is 5.10. The van der Waals surface area contributed by atoms with Crippen molar-refractivity contribution in [3.05, 3.63) is 35.4 Å². The van der Waals surface area contributed by atoms with Crippen molar-refractivity contribution in [2.45, 2.75) is 25.9 Å². The van der Waals surface area contributed by atoms with Crippen molar-refractivity contribution < 1.29 is 9.53 Å². The number of nitrogens with zero attached hydrogens (tertiary/aromatic N) is 1. The largest absolute Gasteiger partial charge is 0.469 e. The van der Waals surface area contributed by atoms with Crippen molar-refractivity contribution >= 4 is 5.97 Å². The van der Waals surface area contributed by atoms with E-state index in [2.05, 4.69) is 23.1 Å². The highest BCUT2D eigenvalue weighted by Crippen LogP contribution is 2.20. The van der Waals surface area contributed by atoms with E-state index in [9.17, 15) is 4.79 Å². The number of ether oxygens (including phenoxy) is 1. The molecule has 0 bridgehead atoms. The lowest BCUT2D eigenvalue weighted by Crippen LogP contribution is -2.36. The normalized spacial score (nSPS) is 17.4. The lowest BCUT2D eigenvalue weighted by molar-refractivity contribution is -0.147. The highest BCUT2D eigenvalue weighted by molar-refractivity contribution is 5.72. The number of hydrogen-bond donors (Lipinski definition) is 1. The summed E-state index contributed by atoms with van der Waals surface area (Å²) in [5, 5.41) is 0. The fourth-order valence-electron chi connectivity index (χ4n) is 2.61. The average molecular weight is 262 g/mol. The minimum absolute atomic E-state index is 0.0650. The fraction of sp³-hybridized carbons (Fsp3) is 0.533. The van der Waals surface area contributed by atoms with Gasteiger partial charge in [0.2, 0.25) is 0 Å². The van der Waals surface area contributed by atoms with E-state index in [0.29, 0.717) is 6.54 Å². The molecule has 1 aromatic carbocycles. The van der Waals surface area contributed by atoms with Crippen molar-refractivity contribution in [1.29, 1.82) is 0 Å². The fourth-order valence-corrected chi connectivity index (χ4v) is 2.61. The molecule has 2 N–H and O–H groups in total. The van der Waals surface area contributed by atoms with Crippen LogP contribution in [0, 0.1) is 5.92 Å². The number of carbonyl (C=O) groups excluding carboxylic acids is 1. The second-order valence-electron chi connectivity index (χ2n) is 5.10. The molecule has 2 rings (SSSR count). The van der Waals surface area contributed by atoms with Crippen LogP contribution in [-0.4, -0.2) is 31.1 Å².